The number of aliphatic imine (C=N–C) groups is 4. The second kappa shape index (κ2) is 21.2. The third-order valence-electron chi connectivity index (χ3n) is 18.1. The summed E-state index contributed by atoms with van der Waals surface area (Å²) in [5, 5.41) is 7.64. The van der Waals surface area contributed by atoms with Crippen LogP contribution in [-0.2, 0) is 43.3 Å². The van der Waals surface area contributed by atoms with Gasteiger partial charge in [0.05, 0.1) is 57.0 Å². The highest BCUT2D eigenvalue weighted by Gasteiger charge is 2.40. The molecule has 0 unspecified atom stereocenters. The summed E-state index contributed by atoms with van der Waals surface area (Å²) in [5.74, 6) is 0.709. The van der Waals surface area contributed by atoms with E-state index >= 15 is 0 Å². The van der Waals surface area contributed by atoms with Gasteiger partial charge < -0.3 is 22.1 Å². The Hall–Kier alpha value is -8.24. The van der Waals surface area contributed by atoms with Gasteiger partial charge >= 0.3 is 0 Å². The minimum absolute atomic E-state index is 0.0524. The zero-order valence-electron chi connectivity index (χ0n) is 58.2. The lowest BCUT2D eigenvalue weighted by atomic mass is 9.78. The fraction of sp³-hybridized carbons (Fsp3) is 0.400. The van der Waals surface area contributed by atoms with Crippen molar-refractivity contribution in [3.63, 3.8) is 0 Å². The average molecular weight is 1200 g/mol. The van der Waals surface area contributed by atoms with Crippen molar-refractivity contribution in [1.82, 2.24) is 9.97 Å². The molecule has 6 aliphatic rings. The van der Waals surface area contributed by atoms with E-state index in [0.717, 1.165) is 78.8 Å². The molecule has 4 aromatic carbocycles. The summed E-state index contributed by atoms with van der Waals surface area (Å²) in [6.07, 6.45) is 13.1. The maximum atomic E-state index is 6.90. The summed E-state index contributed by atoms with van der Waals surface area (Å²) >= 11 is 0. The van der Waals surface area contributed by atoms with Crippen LogP contribution in [0.4, 0.5) is 23.3 Å². The number of anilines is 4. The Balaban J connectivity index is 1.37. The number of benzene rings is 4. The second-order valence-electron chi connectivity index (χ2n) is 33.8. The third-order valence-corrected chi connectivity index (χ3v) is 18.1. The van der Waals surface area contributed by atoms with Gasteiger partial charge in [0.25, 0.3) is 0 Å². The molecule has 0 spiro atoms. The molecule has 10 heteroatoms. The summed E-state index contributed by atoms with van der Waals surface area (Å²) in [4.78, 5) is 33.2. The first-order chi connectivity index (χ1) is 41.4. The maximum absolute atomic E-state index is 6.90. The fourth-order valence-electron chi connectivity index (χ4n) is 12.2. The summed E-state index contributed by atoms with van der Waals surface area (Å²) < 4.78 is 0. The van der Waals surface area contributed by atoms with Gasteiger partial charge in [-0.15, -0.1) is 0 Å². The Morgan fingerprint density at radius 1 is 0.300 bits per heavy atom. The highest BCUT2D eigenvalue weighted by atomic mass is 15.2. The number of nitrogen functional groups attached to an aromatic ring is 2. The molecule has 0 aliphatic carbocycles. The van der Waals surface area contributed by atoms with Crippen molar-refractivity contribution < 1.29 is 0 Å². The molecule has 6 N–H and O–H groups in total. The number of hydrogen-bond acceptors (Lipinski definition) is 10. The topological polar surface area (TPSA) is 151 Å². The molecule has 8 bridgehead atoms. The maximum Gasteiger partial charge on any atom is 0.224 e. The van der Waals surface area contributed by atoms with E-state index in [9.17, 15) is 0 Å². The highest BCUT2D eigenvalue weighted by molar-refractivity contribution is 6.41. The van der Waals surface area contributed by atoms with Crippen molar-refractivity contribution in [1.29, 1.82) is 0 Å². The Bertz CT molecular complexity index is 4200. The number of fused-ring (bicyclic) bond motifs is 7. The number of rotatable bonds is 4. The predicted molar refractivity (Wildman–Crippen MR) is 385 cm³/mol. The summed E-state index contributed by atoms with van der Waals surface area (Å²) in [5.41, 5.74) is 37.1. The van der Waals surface area contributed by atoms with E-state index < -0.39 is 0 Å². The van der Waals surface area contributed by atoms with Crippen molar-refractivity contribution in [2.75, 3.05) is 22.1 Å². The molecule has 466 valence electrons. The van der Waals surface area contributed by atoms with E-state index in [0.29, 0.717) is 34.3 Å². The van der Waals surface area contributed by atoms with Gasteiger partial charge in [0, 0.05) is 22.3 Å². The van der Waals surface area contributed by atoms with Gasteiger partial charge in [0.2, 0.25) is 5.95 Å². The van der Waals surface area contributed by atoms with Crippen molar-refractivity contribution in [3.05, 3.63) is 210 Å². The van der Waals surface area contributed by atoms with Gasteiger partial charge in [-0.1, -0.05) is 239 Å². The molecular weight excluding hydrogens is 1100 g/mol. The van der Waals surface area contributed by atoms with E-state index in [1.165, 1.54) is 44.5 Å². The molecule has 10 nitrogen and oxygen atoms in total. The van der Waals surface area contributed by atoms with Crippen LogP contribution in [0.15, 0.2) is 163 Å². The first kappa shape index (κ1) is 63.3. The van der Waals surface area contributed by atoms with E-state index in [-0.39, 0.29) is 55.1 Å². The molecule has 0 saturated heterocycles. The largest absolute Gasteiger partial charge is 0.382 e. The first-order valence-corrected chi connectivity index (χ1v) is 32.2. The number of nitrogens with one attached hydrogen (secondary N) is 2. The molecule has 90 heavy (non-hydrogen) atoms. The first-order valence-electron chi connectivity index (χ1n) is 32.2. The minimum atomic E-state index is -0.220. The van der Waals surface area contributed by atoms with Crippen molar-refractivity contribution >= 4 is 68.4 Å². The van der Waals surface area contributed by atoms with E-state index in [2.05, 4.69) is 291 Å². The molecule has 0 radical (unpaired) electrons. The molecular formula is C80H96N10. The summed E-state index contributed by atoms with van der Waals surface area (Å²) in [6, 6.07) is 28.3. The Labute approximate surface area is 537 Å². The quantitative estimate of drug-likeness (QED) is 0.141. The number of nitrogens with zero attached hydrogens (tertiary/aromatic N) is 6. The van der Waals surface area contributed by atoms with Crippen LogP contribution < -0.4 is 22.1 Å². The van der Waals surface area contributed by atoms with Crippen LogP contribution >= 0.6 is 0 Å². The number of aromatic nitrogens is 2. The second-order valence-corrected chi connectivity index (χ2v) is 33.8. The summed E-state index contributed by atoms with van der Waals surface area (Å²) in [7, 11) is 0. The Morgan fingerprint density at radius 3 is 0.911 bits per heavy atom. The normalized spacial score (nSPS) is 17.3. The lowest BCUT2D eigenvalue weighted by Gasteiger charge is -2.28. The van der Waals surface area contributed by atoms with Crippen LogP contribution in [0, 0.1) is 0 Å². The summed E-state index contributed by atoms with van der Waals surface area (Å²) in [6.45, 7) is 55.0. The van der Waals surface area contributed by atoms with Crippen molar-refractivity contribution in [2.45, 2.75) is 209 Å². The SMILES string of the molecule is CC(C)(C)c1cc(C2=C3C=CC(=N3)C(c3cc(C(C)(C)C)cc(C(C)(C)C)c3)=C3C=CC(=N3)C(c3cc(C(C)(C)C)cc(C(C)(C)C)c3)=C3N=C(C4=C3Nc3nc(N)nc(N)c3N4)C(c3cc(C(C)(C)C)cc(C(C)(C)C)c3)=C3C=CC2=N3)cc(C(C)(C)C)c1. The molecule has 0 saturated carbocycles. The van der Waals surface area contributed by atoms with E-state index in [1.807, 2.05) is 0 Å². The van der Waals surface area contributed by atoms with Crippen molar-refractivity contribution in [2.24, 2.45) is 20.0 Å². The fourth-order valence-corrected chi connectivity index (χ4v) is 12.2. The molecule has 6 aliphatic heterocycles. The van der Waals surface area contributed by atoms with Crippen LogP contribution in [0.1, 0.15) is 233 Å². The third kappa shape index (κ3) is 12.0. The zero-order valence-corrected chi connectivity index (χ0v) is 58.2. The number of allylic oxidation sites excluding steroid dienone is 10. The molecule has 0 fully saturated rings. The van der Waals surface area contributed by atoms with Gasteiger partial charge in [-0.3, -0.25) is 0 Å². The van der Waals surface area contributed by atoms with Gasteiger partial charge in [0.15, 0.2) is 11.6 Å². The monoisotopic (exact) mass is 1200 g/mol. The number of hydrogen-bond donors (Lipinski definition) is 4. The van der Waals surface area contributed by atoms with E-state index in [4.69, 9.17) is 36.4 Å². The van der Waals surface area contributed by atoms with Gasteiger partial charge in [-0.2, -0.15) is 9.97 Å². The molecule has 0 atom stereocenters. The molecule has 5 aromatic rings. The van der Waals surface area contributed by atoms with Crippen molar-refractivity contribution in [3.8, 4) is 0 Å². The zero-order chi connectivity index (χ0) is 65.7. The van der Waals surface area contributed by atoms with Crippen LogP contribution in [0.5, 0.6) is 0 Å². The van der Waals surface area contributed by atoms with Crippen LogP contribution in [0.25, 0.3) is 22.3 Å². The Morgan fingerprint density at radius 2 is 0.589 bits per heavy atom. The Kier molecular flexibility index (Phi) is 14.9. The van der Waals surface area contributed by atoms with Gasteiger partial charge in [-0.25, -0.2) is 20.0 Å². The van der Waals surface area contributed by atoms with Crippen LogP contribution in [0.2, 0.25) is 0 Å². The van der Waals surface area contributed by atoms with E-state index in [1.54, 1.807) is 0 Å². The van der Waals surface area contributed by atoms with Gasteiger partial charge in [-0.05, 0) is 147 Å². The lowest BCUT2D eigenvalue weighted by molar-refractivity contribution is 0.567. The highest BCUT2D eigenvalue weighted by Crippen LogP contribution is 2.49. The van der Waals surface area contributed by atoms with Crippen LogP contribution in [-0.4, -0.2) is 32.8 Å². The molecule has 7 heterocycles. The minimum Gasteiger partial charge on any atom is -0.382 e. The molecule has 1 aromatic heterocycles. The standard InChI is InChI=1S/C80H96N10/c1-73(2,3)47-31-43(32-48(39-47)74(4,5)6)61-55-25-26-56(83-55)62(44-33-49(75(7,8)9)40-50(34-44)76(10,11)12)58-28-30-60(85-58)64(46-37-53(79(19,20)21)42-54(38-46)80(22,23)24)66-68-67(87-69-70(81)89-72(82)90-71(69)88-68)65(86-66)63(59-29-27-57(61)84-59)45-35-51(77(13,14)15)41-52(36-45)78(16,17)18/h25-42,87H,1-24H3,(H5,81,82,88,89,90). The number of nitrogens with two attached hydrogens (primary N) is 2. The molecule has 0 amide bonds. The van der Waals surface area contributed by atoms with Crippen LogP contribution in [0.3, 0.4) is 0 Å². The smallest absolute Gasteiger partial charge is 0.224 e. The average Bonchev–Trinajstić information content (AvgIpc) is 1.52. The molecule has 11 rings (SSSR count). The predicted octanol–water partition coefficient (Wildman–Crippen LogP) is 19.2. The lowest BCUT2D eigenvalue weighted by Crippen LogP contribution is -2.24. The van der Waals surface area contributed by atoms with Gasteiger partial charge in [0.1, 0.15) is 5.69 Å².